The Morgan fingerprint density at radius 2 is 1.95 bits per heavy atom. The number of Topliss-reactive ketones (excluding diaryl/α,β-unsaturated/α-hetero) is 1. The topological polar surface area (TPSA) is 61.2 Å². The van der Waals surface area contributed by atoms with Crippen molar-refractivity contribution in [3.05, 3.63) is 17.0 Å². The molecule has 0 aromatic carbocycles. The first kappa shape index (κ1) is 14.8. The molecular formula is C15H22N2O3. The van der Waals surface area contributed by atoms with Gasteiger partial charge in [-0.3, -0.25) is 14.3 Å². The van der Waals surface area contributed by atoms with Crippen LogP contribution in [0.5, 0.6) is 0 Å². The van der Waals surface area contributed by atoms with Crippen LogP contribution in [0.2, 0.25) is 0 Å². The largest absolute Gasteiger partial charge is 0.468 e. The second kappa shape index (κ2) is 5.77. The molecule has 0 amide bonds. The number of carbonyl (C=O) groups is 2. The maximum absolute atomic E-state index is 12.6. The van der Waals surface area contributed by atoms with E-state index in [1.807, 2.05) is 18.5 Å². The van der Waals surface area contributed by atoms with Crippen molar-refractivity contribution in [3.8, 4) is 0 Å². The van der Waals surface area contributed by atoms with Crippen molar-refractivity contribution < 1.29 is 14.3 Å². The summed E-state index contributed by atoms with van der Waals surface area (Å²) < 4.78 is 6.63. The summed E-state index contributed by atoms with van der Waals surface area (Å²) in [7, 11) is 1.31. The molecule has 5 heteroatoms. The molecule has 1 aromatic heterocycles. The molecule has 0 radical (unpaired) electrons. The summed E-state index contributed by atoms with van der Waals surface area (Å²) in [5.41, 5.74) is 2.45. The number of nitrogens with zero attached hydrogens (tertiary/aromatic N) is 2. The first-order valence-electron chi connectivity index (χ1n) is 7.19. The van der Waals surface area contributed by atoms with Gasteiger partial charge in [-0.1, -0.05) is 13.8 Å². The molecule has 1 aliphatic rings. The minimum absolute atomic E-state index is 0.163. The number of ketones is 1. The summed E-state index contributed by atoms with van der Waals surface area (Å²) in [5, 5.41) is 4.58. The standard InChI is InChI=1S/C15H22N2O3/c1-9(2)13-12(14(18)10(3)15(19)20-4)11-7-5-6-8-17(11)16-13/h9-10H,5-8H2,1-4H3. The highest BCUT2D eigenvalue weighted by atomic mass is 16.5. The normalized spacial score (nSPS) is 15.8. The van der Waals surface area contributed by atoms with Crippen LogP contribution in [0.3, 0.4) is 0 Å². The molecule has 0 N–H and O–H groups in total. The van der Waals surface area contributed by atoms with E-state index >= 15 is 0 Å². The van der Waals surface area contributed by atoms with Crippen molar-refractivity contribution >= 4 is 11.8 Å². The van der Waals surface area contributed by atoms with Crippen LogP contribution < -0.4 is 0 Å². The molecule has 20 heavy (non-hydrogen) atoms. The lowest BCUT2D eigenvalue weighted by Crippen LogP contribution is -2.24. The molecule has 0 saturated carbocycles. The van der Waals surface area contributed by atoms with Gasteiger partial charge in [0.1, 0.15) is 5.92 Å². The zero-order valence-corrected chi connectivity index (χ0v) is 12.6. The zero-order valence-electron chi connectivity index (χ0n) is 12.6. The van der Waals surface area contributed by atoms with Crippen LogP contribution in [0.1, 0.15) is 61.3 Å². The molecule has 1 atom stereocenters. The number of aromatic nitrogens is 2. The molecule has 1 aromatic rings. The quantitative estimate of drug-likeness (QED) is 0.482. The van der Waals surface area contributed by atoms with E-state index in [1.54, 1.807) is 6.92 Å². The number of esters is 1. The van der Waals surface area contributed by atoms with Crippen LogP contribution in [0.4, 0.5) is 0 Å². The van der Waals surface area contributed by atoms with Crippen LogP contribution in [-0.2, 0) is 22.5 Å². The van der Waals surface area contributed by atoms with Gasteiger partial charge in [-0.2, -0.15) is 5.10 Å². The monoisotopic (exact) mass is 278 g/mol. The number of methoxy groups -OCH3 is 1. The van der Waals surface area contributed by atoms with Crippen LogP contribution in [0, 0.1) is 5.92 Å². The molecule has 2 heterocycles. The van der Waals surface area contributed by atoms with Crippen molar-refractivity contribution in [3.63, 3.8) is 0 Å². The maximum atomic E-state index is 12.6. The van der Waals surface area contributed by atoms with E-state index in [0.29, 0.717) is 5.56 Å². The van der Waals surface area contributed by atoms with Gasteiger partial charge in [-0.05, 0) is 32.1 Å². The van der Waals surface area contributed by atoms with E-state index in [2.05, 4.69) is 9.84 Å². The smallest absolute Gasteiger partial charge is 0.316 e. The van der Waals surface area contributed by atoms with E-state index < -0.39 is 11.9 Å². The summed E-state index contributed by atoms with van der Waals surface area (Å²) in [6, 6.07) is 0. The molecule has 0 fully saturated rings. The number of ether oxygens (including phenoxy) is 1. The predicted octanol–water partition coefficient (Wildman–Crippen LogP) is 2.33. The van der Waals surface area contributed by atoms with Crippen molar-refractivity contribution in [1.29, 1.82) is 0 Å². The van der Waals surface area contributed by atoms with E-state index in [9.17, 15) is 9.59 Å². The van der Waals surface area contributed by atoms with Crippen molar-refractivity contribution in [2.75, 3.05) is 7.11 Å². The maximum Gasteiger partial charge on any atom is 0.316 e. The van der Waals surface area contributed by atoms with Crippen LogP contribution in [-0.4, -0.2) is 28.6 Å². The Morgan fingerprint density at radius 3 is 2.55 bits per heavy atom. The number of carbonyl (C=O) groups excluding carboxylic acids is 2. The number of aryl methyl sites for hydroxylation is 1. The molecule has 0 saturated heterocycles. The number of rotatable bonds is 4. The summed E-state index contributed by atoms with van der Waals surface area (Å²) in [6.45, 7) is 6.50. The van der Waals surface area contributed by atoms with E-state index in [-0.39, 0.29) is 11.7 Å². The molecule has 2 rings (SSSR count). The Labute approximate surface area is 119 Å². The fraction of sp³-hybridized carbons (Fsp3) is 0.667. The van der Waals surface area contributed by atoms with Crippen molar-refractivity contribution in [2.45, 2.75) is 52.5 Å². The van der Waals surface area contributed by atoms with E-state index in [4.69, 9.17) is 0 Å². The molecule has 0 spiro atoms. The fourth-order valence-corrected chi connectivity index (χ4v) is 2.68. The molecule has 1 aliphatic heterocycles. The minimum Gasteiger partial charge on any atom is -0.468 e. The Kier molecular flexibility index (Phi) is 4.26. The molecule has 1 unspecified atom stereocenters. The molecule has 0 aliphatic carbocycles. The fourth-order valence-electron chi connectivity index (χ4n) is 2.68. The molecule has 110 valence electrons. The van der Waals surface area contributed by atoms with Gasteiger partial charge in [-0.15, -0.1) is 0 Å². The lowest BCUT2D eigenvalue weighted by atomic mass is 9.91. The average Bonchev–Trinajstić information content (AvgIpc) is 2.84. The van der Waals surface area contributed by atoms with Gasteiger partial charge in [0.15, 0.2) is 5.78 Å². The lowest BCUT2D eigenvalue weighted by molar-refractivity contribution is -0.143. The first-order valence-corrected chi connectivity index (χ1v) is 7.19. The Morgan fingerprint density at radius 1 is 1.25 bits per heavy atom. The van der Waals surface area contributed by atoms with Gasteiger partial charge in [0.25, 0.3) is 0 Å². The third-order valence-electron chi connectivity index (χ3n) is 3.86. The van der Waals surface area contributed by atoms with E-state index in [1.165, 1.54) is 7.11 Å². The Bertz CT molecular complexity index is 531. The third kappa shape index (κ3) is 2.49. The minimum atomic E-state index is -0.770. The van der Waals surface area contributed by atoms with Crippen LogP contribution >= 0.6 is 0 Å². The number of fused-ring (bicyclic) bond motifs is 1. The zero-order chi connectivity index (χ0) is 14.9. The van der Waals surface area contributed by atoms with Gasteiger partial charge in [0.05, 0.1) is 18.4 Å². The number of hydrogen-bond acceptors (Lipinski definition) is 4. The van der Waals surface area contributed by atoms with Gasteiger partial charge in [-0.25, -0.2) is 0 Å². The van der Waals surface area contributed by atoms with Crippen molar-refractivity contribution in [2.24, 2.45) is 5.92 Å². The summed E-state index contributed by atoms with van der Waals surface area (Å²) in [6.07, 6.45) is 3.01. The summed E-state index contributed by atoms with van der Waals surface area (Å²) in [5.74, 6) is -1.26. The van der Waals surface area contributed by atoms with Gasteiger partial charge in [0, 0.05) is 12.2 Å². The Hall–Kier alpha value is -1.65. The summed E-state index contributed by atoms with van der Waals surface area (Å²) >= 11 is 0. The molecule has 5 nitrogen and oxygen atoms in total. The van der Waals surface area contributed by atoms with Gasteiger partial charge >= 0.3 is 5.97 Å². The SMILES string of the molecule is COC(=O)C(C)C(=O)c1c(C(C)C)nn2c1CCCC2. The molecular weight excluding hydrogens is 256 g/mol. The van der Waals surface area contributed by atoms with Crippen LogP contribution in [0.15, 0.2) is 0 Å². The highest BCUT2D eigenvalue weighted by molar-refractivity contribution is 6.09. The highest BCUT2D eigenvalue weighted by Gasteiger charge is 2.32. The molecule has 0 bridgehead atoms. The van der Waals surface area contributed by atoms with Crippen molar-refractivity contribution in [1.82, 2.24) is 9.78 Å². The number of hydrogen-bond donors (Lipinski definition) is 0. The van der Waals surface area contributed by atoms with Gasteiger partial charge < -0.3 is 4.74 Å². The predicted molar refractivity (Wildman–Crippen MR) is 74.8 cm³/mol. The highest BCUT2D eigenvalue weighted by Crippen LogP contribution is 2.28. The summed E-state index contributed by atoms with van der Waals surface area (Å²) in [4.78, 5) is 24.3. The third-order valence-corrected chi connectivity index (χ3v) is 3.86. The van der Waals surface area contributed by atoms with E-state index in [0.717, 1.165) is 37.2 Å². The lowest BCUT2D eigenvalue weighted by Gasteiger charge is -2.15. The first-order chi connectivity index (χ1) is 9.47. The van der Waals surface area contributed by atoms with Gasteiger partial charge in [0.2, 0.25) is 0 Å². The second-order valence-electron chi connectivity index (χ2n) is 5.65. The Balaban J connectivity index is 2.46. The second-order valence-corrected chi connectivity index (χ2v) is 5.65. The average molecular weight is 278 g/mol. The van der Waals surface area contributed by atoms with Crippen LogP contribution in [0.25, 0.3) is 0 Å².